The van der Waals surface area contributed by atoms with Crippen LogP contribution >= 0.6 is 0 Å². The maximum atomic E-state index is 2.60. The van der Waals surface area contributed by atoms with E-state index in [0.717, 1.165) is 11.8 Å². The Bertz CT molecular complexity index is 214. The maximum absolute atomic E-state index is 2.60. The van der Waals surface area contributed by atoms with Crippen LogP contribution in [0.4, 0.5) is 0 Å². The molecule has 0 bridgehead atoms. The van der Waals surface area contributed by atoms with Gasteiger partial charge in [0, 0.05) is 0 Å². The van der Waals surface area contributed by atoms with E-state index < -0.39 is 0 Å². The highest BCUT2D eigenvalue weighted by Gasteiger charge is 2.27. The largest absolute Gasteiger partial charge is 0.0848 e. The number of allylic oxidation sites excluding steroid dienone is 2. The van der Waals surface area contributed by atoms with Crippen molar-refractivity contribution in [3.8, 4) is 0 Å². The lowest BCUT2D eigenvalue weighted by atomic mass is 9.70. The number of fused-ring (bicyclic) bond motifs is 1. The molecule has 0 radical (unpaired) electrons. The second-order valence-corrected chi connectivity index (χ2v) is 5.46. The molecule has 2 atom stereocenters. The van der Waals surface area contributed by atoms with Crippen molar-refractivity contribution in [1.82, 2.24) is 0 Å². The van der Waals surface area contributed by atoms with Crippen LogP contribution in [0.1, 0.15) is 71.1 Å². The smallest absolute Gasteiger partial charge is 0.0200 e. The Kier molecular flexibility index (Phi) is 4.29. The molecule has 2 aliphatic rings. The Hall–Kier alpha value is -0.260. The molecule has 0 aliphatic heterocycles. The number of hydrogen-bond donors (Lipinski definition) is 0. The van der Waals surface area contributed by atoms with E-state index in [1.165, 1.54) is 64.2 Å². The zero-order chi connectivity index (χ0) is 10.5. The average molecular weight is 206 g/mol. The fourth-order valence-corrected chi connectivity index (χ4v) is 3.51. The molecule has 0 amide bonds. The van der Waals surface area contributed by atoms with E-state index in [2.05, 4.69) is 13.0 Å². The van der Waals surface area contributed by atoms with Crippen LogP contribution in [-0.2, 0) is 0 Å². The van der Waals surface area contributed by atoms with Gasteiger partial charge in [0.1, 0.15) is 0 Å². The average Bonchev–Trinajstić information content (AvgIpc) is 2.30. The molecule has 2 unspecified atom stereocenters. The highest BCUT2D eigenvalue weighted by molar-refractivity contribution is 5.15. The fraction of sp³-hybridized carbons (Fsp3) is 0.867. The zero-order valence-electron chi connectivity index (χ0n) is 10.3. The Morgan fingerprint density at radius 1 is 1.13 bits per heavy atom. The van der Waals surface area contributed by atoms with Crippen LogP contribution in [0.2, 0.25) is 0 Å². The van der Waals surface area contributed by atoms with E-state index in [0.29, 0.717) is 0 Å². The summed E-state index contributed by atoms with van der Waals surface area (Å²) in [6.07, 6.45) is 17.2. The molecule has 0 heterocycles. The van der Waals surface area contributed by atoms with Crippen molar-refractivity contribution in [3.63, 3.8) is 0 Å². The molecular formula is C15H26. The molecule has 0 aromatic carbocycles. The van der Waals surface area contributed by atoms with E-state index >= 15 is 0 Å². The molecule has 2 aliphatic carbocycles. The quantitative estimate of drug-likeness (QED) is 0.444. The van der Waals surface area contributed by atoms with E-state index in [1.807, 2.05) is 5.57 Å². The number of hydrogen-bond acceptors (Lipinski definition) is 0. The van der Waals surface area contributed by atoms with Gasteiger partial charge in [0.05, 0.1) is 0 Å². The molecule has 86 valence electrons. The third kappa shape index (κ3) is 2.86. The molecule has 1 fully saturated rings. The van der Waals surface area contributed by atoms with Gasteiger partial charge in [-0.05, 0) is 50.4 Å². The summed E-state index contributed by atoms with van der Waals surface area (Å²) < 4.78 is 0. The van der Waals surface area contributed by atoms with Crippen molar-refractivity contribution in [3.05, 3.63) is 11.6 Å². The van der Waals surface area contributed by atoms with E-state index in [-0.39, 0.29) is 0 Å². The standard InChI is InChI=1S/C15H26/c1-2-3-4-8-13-10-7-11-14-9-5-6-12-15(13)14/h12-14H,2-11H2,1H3. The Morgan fingerprint density at radius 3 is 2.87 bits per heavy atom. The Morgan fingerprint density at radius 2 is 2.00 bits per heavy atom. The van der Waals surface area contributed by atoms with Gasteiger partial charge < -0.3 is 0 Å². The normalized spacial score (nSPS) is 30.9. The van der Waals surface area contributed by atoms with Crippen molar-refractivity contribution in [1.29, 1.82) is 0 Å². The third-order valence-corrected chi connectivity index (χ3v) is 4.34. The zero-order valence-corrected chi connectivity index (χ0v) is 10.3. The van der Waals surface area contributed by atoms with E-state index in [9.17, 15) is 0 Å². The van der Waals surface area contributed by atoms with Crippen molar-refractivity contribution in [2.24, 2.45) is 11.8 Å². The molecule has 0 aromatic rings. The van der Waals surface area contributed by atoms with Crippen LogP contribution in [0.25, 0.3) is 0 Å². The topological polar surface area (TPSA) is 0 Å². The summed E-state index contributed by atoms with van der Waals surface area (Å²) in [6, 6.07) is 0. The Labute approximate surface area is 95.1 Å². The van der Waals surface area contributed by atoms with Gasteiger partial charge in [0.15, 0.2) is 0 Å². The first-order valence-electron chi connectivity index (χ1n) is 7.11. The van der Waals surface area contributed by atoms with Crippen LogP contribution in [0.5, 0.6) is 0 Å². The van der Waals surface area contributed by atoms with Crippen LogP contribution < -0.4 is 0 Å². The van der Waals surface area contributed by atoms with Crippen molar-refractivity contribution >= 4 is 0 Å². The molecular weight excluding hydrogens is 180 g/mol. The van der Waals surface area contributed by atoms with E-state index in [1.54, 1.807) is 0 Å². The molecule has 1 saturated carbocycles. The highest BCUT2D eigenvalue weighted by Crippen LogP contribution is 2.42. The van der Waals surface area contributed by atoms with Crippen LogP contribution in [0.3, 0.4) is 0 Å². The summed E-state index contributed by atoms with van der Waals surface area (Å²) in [5.74, 6) is 1.98. The van der Waals surface area contributed by atoms with Gasteiger partial charge in [-0.2, -0.15) is 0 Å². The van der Waals surface area contributed by atoms with Gasteiger partial charge in [0.2, 0.25) is 0 Å². The number of rotatable bonds is 4. The second-order valence-electron chi connectivity index (χ2n) is 5.46. The molecule has 2 rings (SSSR count). The first-order valence-corrected chi connectivity index (χ1v) is 7.11. The molecule has 0 heteroatoms. The third-order valence-electron chi connectivity index (χ3n) is 4.34. The lowest BCUT2D eigenvalue weighted by Gasteiger charge is -2.35. The van der Waals surface area contributed by atoms with Crippen molar-refractivity contribution < 1.29 is 0 Å². The SMILES string of the molecule is CCCCCC1CCCC2CCCC=C21. The first kappa shape index (κ1) is 11.2. The second kappa shape index (κ2) is 5.72. The van der Waals surface area contributed by atoms with E-state index in [4.69, 9.17) is 0 Å². The number of unbranched alkanes of at least 4 members (excludes halogenated alkanes) is 2. The van der Waals surface area contributed by atoms with Crippen molar-refractivity contribution in [2.45, 2.75) is 71.1 Å². The van der Waals surface area contributed by atoms with Crippen LogP contribution in [-0.4, -0.2) is 0 Å². The lowest BCUT2D eigenvalue weighted by molar-refractivity contribution is 0.316. The minimum absolute atomic E-state index is 0.982. The summed E-state index contributed by atoms with van der Waals surface area (Å²) in [7, 11) is 0. The van der Waals surface area contributed by atoms with Crippen molar-refractivity contribution in [2.75, 3.05) is 0 Å². The van der Waals surface area contributed by atoms with Gasteiger partial charge in [-0.25, -0.2) is 0 Å². The molecule has 0 nitrogen and oxygen atoms in total. The molecule has 15 heavy (non-hydrogen) atoms. The lowest BCUT2D eigenvalue weighted by Crippen LogP contribution is -2.21. The molecule has 0 N–H and O–H groups in total. The van der Waals surface area contributed by atoms with Gasteiger partial charge in [-0.15, -0.1) is 0 Å². The van der Waals surface area contributed by atoms with Crippen LogP contribution in [0, 0.1) is 11.8 Å². The van der Waals surface area contributed by atoms with Gasteiger partial charge in [0.25, 0.3) is 0 Å². The predicted molar refractivity (Wildman–Crippen MR) is 66.9 cm³/mol. The summed E-state index contributed by atoms with van der Waals surface area (Å²) in [4.78, 5) is 0. The highest BCUT2D eigenvalue weighted by atomic mass is 14.3. The van der Waals surface area contributed by atoms with Gasteiger partial charge >= 0.3 is 0 Å². The summed E-state index contributed by atoms with van der Waals surface area (Å²) in [6.45, 7) is 2.31. The predicted octanol–water partition coefficient (Wildman–Crippen LogP) is 5.09. The van der Waals surface area contributed by atoms with Gasteiger partial charge in [-0.1, -0.05) is 44.3 Å². The summed E-state index contributed by atoms with van der Waals surface area (Å²) in [5.41, 5.74) is 1.88. The molecule has 0 saturated heterocycles. The first-order chi connectivity index (χ1) is 7.42. The van der Waals surface area contributed by atoms with Gasteiger partial charge in [-0.3, -0.25) is 0 Å². The minimum atomic E-state index is 0.982. The summed E-state index contributed by atoms with van der Waals surface area (Å²) >= 11 is 0. The maximum Gasteiger partial charge on any atom is -0.0200 e. The molecule has 0 aromatic heterocycles. The monoisotopic (exact) mass is 206 g/mol. The summed E-state index contributed by atoms with van der Waals surface area (Å²) in [5, 5.41) is 0. The fourth-order valence-electron chi connectivity index (χ4n) is 3.51. The molecule has 0 spiro atoms. The minimum Gasteiger partial charge on any atom is -0.0848 e. The Balaban J connectivity index is 1.89. The van der Waals surface area contributed by atoms with Crippen LogP contribution in [0.15, 0.2) is 11.6 Å².